The fourth-order valence-electron chi connectivity index (χ4n) is 3.85. The lowest BCUT2D eigenvalue weighted by molar-refractivity contribution is 0.0705. The first-order valence-corrected chi connectivity index (χ1v) is 9.63. The molecule has 3 heterocycles. The van der Waals surface area contributed by atoms with Crippen molar-refractivity contribution < 1.29 is 4.79 Å². The Labute approximate surface area is 162 Å². The highest BCUT2D eigenvalue weighted by atomic mass is 16.2. The van der Waals surface area contributed by atoms with Gasteiger partial charge >= 0.3 is 0 Å². The van der Waals surface area contributed by atoms with Crippen LogP contribution in [-0.2, 0) is 0 Å². The number of carbonyl (C=O) groups is 1. The predicted molar refractivity (Wildman–Crippen MR) is 108 cm³/mol. The first-order valence-electron chi connectivity index (χ1n) is 9.63. The molecule has 0 saturated carbocycles. The second-order valence-corrected chi connectivity index (χ2v) is 7.19. The minimum atomic E-state index is -0.00210. The number of para-hydroxylation sites is 3. The molecule has 1 aliphatic rings. The van der Waals surface area contributed by atoms with Crippen LogP contribution in [0.4, 0.5) is 0 Å². The summed E-state index contributed by atoms with van der Waals surface area (Å²) in [6.45, 7) is 1.44. The van der Waals surface area contributed by atoms with Crippen molar-refractivity contribution in [1.29, 1.82) is 0 Å². The van der Waals surface area contributed by atoms with Gasteiger partial charge in [0, 0.05) is 25.2 Å². The standard InChI is InChI=1S/C22H21N5O/c28-22(20-12-15-27(25-20)17-6-2-1-3-7-17)26-13-10-16(11-14-26)21-23-18-8-4-5-9-19(18)24-21/h1-9,12,15-16H,10-11,13-14H2,(H,23,24). The largest absolute Gasteiger partial charge is 0.342 e. The minimum absolute atomic E-state index is 0.00210. The third-order valence-corrected chi connectivity index (χ3v) is 5.41. The monoisotopic (exact) mass is 371 g/mol. The van der Waals surface area contributed by atoms with Crippen LogP contribution in [0.3, 0.4) is 0 Å². The molecular weight excluding hydrogens is 350 g/mol. The van der Waals surface area contributed by atoms with Crippen molar-refractivity contribution in [3.8, 4) is 5.69 Å². The molecule has 4 aromatic rings. The summed E-state index contributed by atoms with van der Waals surface area (Å²) in [4.78, 5) is 22.9. The number of hydrogen-bond donors (Lipinski definition) is 1. The van der Waals surface area contributed by atoms with Gasteiger partial charge in [0.15, 0.2) is 5.69 Å². The van der Waals surface area contributed by atoms with Crippen LogP contribution in [0.15, 0.2) is 66.9 Å². The van der Waals surface area contributed by atoms with E-state index in [2.05, 4.69) is 10.1 Å². The molecule has 1 saturated heterocycles. The summed E-state index contributed by atoms with van der Waals surface area (Å²) in [5, 5.41) is 4.47. The highest BCUT2D eigenvalue weighted by Gasteiger charge is 2.27. The number of imidazole rings is 1. The number of likely N-dealkylation sites (tertiary alicyclic amines) is 1. The summed E-state index contributed by atoms with van der Waals surface area (Å²) in [5.41, 5.74) is 3.51. The average Bonchev–Trinajstić information content (AvgIpc) is 3.41. The van der Waals surface area contributed by atoms with Crippen LogP contribution >= 0.6 is 0 Å². The molecule has 0 unspecified atom stereocenters. The smallest absolute Gasteiger partial charge is 0.274 e. The van der Waals surface area contributed by atoms with Gasteiger partial charge in [-0.3, -0.25) is 4.79 Å². The second kappa shape index (κ2) is 6.96. The van der Waals surface area contributed by atoms with E-state index in [-0.39, 0.29) is 5.91 Å². The molecule has 28 heavy (non-hydrogen) atoms. The van der Waals surface area contributed by atoms with Gasteiger partial charge in [-0.2, -0.15) is 5.10 Å². The van der Waals surface area contributed by atoms with Gasteiger partial charge in [-0.05, 0) is 43.2 Å². The van der Waals surface area contributed by atoms with Crippen LogP contribution in [0, 0.1) is 0 Å². The fourth-order valence-corrected chi connectivity index (χ4v) is 3.85. The lowest BCUT2D eigenvalue weighted by Gasteiger charge is -2.30. The maximum atomic E-state index is 12.9. The third kappa shape index (κ3) is 3.07. The Morgan fingerprint density at radius 3 is 2.50 bits per heavy atom. The number of H-pyrrole nitrogens is 1. The van der Waals surface area contributed by atoms with E-state index in [0.717, 1.165) is 48.5 Å². The molecule has 6 nitrogen and oxygen atoms in total. The lowest BCUT2D eigenvalue weighted by atomic mass is 9.96. The van der Waals surface area contributed by atoms with Crippen molar-refractivity contribution in [2.45, 2.75) is 18.8 Å². The van der Waals surface area contributed by atoms with Crippen molar-refractivity contribution in [1.82, 2.24) is 24.6 Å². The van der Waals surface area contributed by atoms with Crippen LogP contribution in [-0.4, -0.2) is 43.6 Å². The zero-order chi connectivity index (χ0) is 18.9. The highest BCUT2D eigenvalue weighted by Crippen LogP contribution is 2.28. The Balaban J connectivity index is 1.26. The molecule has 0 bridgehead atoms. The predicted octanol–water partition coefficient (Wildman–Crippen LogP) is 3.77. The van der Waals surface area contributed by atoms with Gasteiger partial charge in [0.05, 0.1) is 16.7 Å². The van der Waals surface area contributed by atoms with E-state index in [1.165, 1.54) is 0 Å². The molecule has 140 valence electrons. The number of nitrogens with one attached hydrogen (secondary N) is 1. The third-order valence-electron chi connectivity index (χ3n) is 5.41. The Morgan fingerprint density at radius 2 is 1.71 bits per heavy atom. The summed E-state index contributed by atoms with van der Waals surface area (Å²) in [6, 6.07) is 19.7. The van der Waals surface area contributed by atoms with Crippen molar-refractivity contribution in [2.75, 3.05) is 13.1 Å². The zero-order valence-corrected chi connectivity index (χ0v) is 15.5. The SMILES string of the molecule is O=C(c1ccn(-c2ccccc2)n1)N1CCC(c2nc3ccccc3[nH]2)CC1. The van der Waals surface area contributed by atoms with E-state index in [0.29, 0.717) is 11.6 Å². The molecule has 0 atom stereocenters. The van der Waals surface area contributed by atoms with Crippen LogP contribution in [0.2, 0.25) is 0 Å². The van der Waals surface area contributed by atoms with Gasteiger partial charge in [-0.15, -0.1) is 0 Å². The lowest BCUT2D eigenvalue weighted by Crippen LogP contribution is -2.38. The maximum absolute atomic E-state index is 12.9. The first-order chi connectivity index (χ1) is 13.8. The van der Waals surface area contributed by atoms with Crippen LogP contribution < -0.4 is 0 Å². The summed E-state index contributed by atoms with van der Waals surface area (Å²) < 4.78 is 1.74. The molecule has 1 aliphatic heterocycles. The molecule has 0 radical (unpaired) electrons. The van der Waals surface area contributed by atoms with Crippen molar-refractivity contribution in [3.05, 3.63) is 78.4 Å². The summed E-state index contributed by atoms with van der Waals surface area (Å²) >= 11 is 0. The Bertz CT molecular complexity index is 1070. The number of benzene rings is 2. The number of aromatic amines is 1. The number of hydrogen-bond acceptors (Lipinski definition) is 3. The quantitative estimate of drug-likeness (QED) is 0.596. The zero-order valence-electron chi connectivity index (χ0n) is 15.5. The number of aromatic nitrogens is 4. The molecular formula is C22H21N5O. The van der Waals surface area contributed by atoms with Crippen molar-refractivity contribution in [3.63, 3.8) is 0 Å². The normalized spacial score (nSPS) is 15.2. The van der Waals surface area contributed by atoms with Gasteiger partial charge in [-0.25, -0.2) is 9.67 Å². The van der Waals surface area contributed by atoms with Gasteiger partial charge in [0.1, 0.15) is 5.82 Å². The minimum Gasteiger partial charge on any atom is -0.342 e. The second-order valence-electron chi connectivity index (χ2n) is 7.19. The van der Waals surface area contributed by atoms with Crippen molar-refractivity contribution >= 4 is 16.9 Å². The number of fused-ring (bicyclic) bond motifs is 1. The molecule has 2 aromatic heterocycles. The molecule has 1 N–H and O–H groups in total. The maximum Gasteiger partial charge on any atom is 0.274 e. The van der Waals surface area contributed by atoms with E-state index in [9.17, 15) is 4.79 Å². The van der Waals surface area contributed by atoms with E-state index in [1.54, 1.807) is 10.7 Å². The summed E-state index contributed by atoms with van der Waals surface area (Å²) in [6.07, 6.45) is 3.65. The van der Waals surface area contributed by atoms with E-state index in [1.807, 2.05) is 65.7 Å². The molecule has 0 spiro atoms. The number of amides is 1. The number of rotatable bonds is 3. The summed E-state index contributed by atoms with van der Waals surface area (Å²) in [7, 11) is 0. The molecule has 5 rings (SSSR count). The highest BCUT2D eigenvalue weighted by molar-refractivity contribution is 5.92. The number of nitrogens with zero attached hydrogens (tertiary/aromatic N) is 4. The van der Waals surface area contributed by atoms with Crippen LogP contribution in [0.1, 0.15) is 35.1 Å². The average molecular weight is 371 g/mol. The Morgan fingerprint density at radius 1 is 0.964 bits per heavy atom. The molecule has 2 aromatic carbocycles. The fraction of sp³-hybridized carbons (Fsp3) is 0.227. The van der Waals surface area contributed by atoms with Crippen molar-refractivity contribution in [2.24, 2.45) is 0 Å². The van der Waals surface area contributed by atoms with Gasteiger partial charge in [0.2, 0.25) is 0 Å². The van der Waals surface area contributed by atoms with Gasteiger partial charge < -0.3 is 9.88 Å². The van der Waals surface area contributed by atoms with E-state index in [4.69, 9.17) is 4.98 Å². The molecule has 6 heteroatoms. The number of piperidine rings is 1. The van der Waals surface area contributed by atoms with Gasteiger partial charge in [0.25, 0.3) is 5.91 Å². The Hall–Kier alpha value is -3.41. The summed E-state index contributed by atoms with van der Waals surface area (Å²) in [5.74, 6) is 1.39. The van der Waals surface area contributed by atoms with Crippen LogP contribution in [0.25, 0.3) is 16.7 Å². The van der Waals surface area contributed by atoms with E-state index < -0.39 is 0 Å². The van der Waals surface area contributed by atoms with Crippen LogP contribution in [0.5, 0.6) is 0 Å². The first kappa shape index (κ1) is 16.7. The van der Waals surface area contributed by atoms with Gasteiger partial charge in [-0.1, -0.05) is 30.3 Å². The Kier molecular flexibility index (Phi) is 4.16. The molecule has 0 aliphatic carbocycles. The number of carbonyl (C=O) groups excluding carboxylic acids is 1. The molecule has 1 amide bonds. The topological polar surface area (TPSA) is 66.8 Å². The van der Waals surface area contributed by atoms with E-state index >= 15 is 0 Å². The molecule has 1 fully saturated rings.